The van der Waals surface area contributed by atoms with Crippen molar-refractivity contribution in [3.05, 3.63) is 104 Å². The second-order valence-electron chi connectivity index (χ2n) is 9.19. The smallest absolute Gasteiger partial charge is 0.264 e. The summed E-state index contributed by atoms with van der Waals surface area (Å²) in [5.41, 5.74) is 6.74. The third kappa shape index (κ3) is 6.70. The maximum absolute atomic E-state index is 13.6. The van der Waals surface area contributed by atoms with Crippen LogP contribution in [0.2, 0.25) is 15.1 Å². The standard InChI is InChI=1S/C29H27Cl3N4O4S/c1-18-5-9-24(10-6-18)41(38,39)35(23-8-12-28(40-4)26(32)15-23)17-29(37)34-33-16-21-13-19(2)36(20(21)3)27-11-7-22(30)14-25(27)31/h5-16H,17H2,1-4H3,(H,34,37)/b33-16-. The van der Waals surface area contributed by atoms with Gasteiger partial charge in [0.25, 0.3) is 15.9 Å². The zero-order valence-electron chi connectivity index (χ0n) is 22.7. The maximum Gasteiger partial charge on any atom is 0.264 e. The molecule has 214 valence electrons. The fraction of sp³-hybridized carbons (Fsp3) is 0.172. The highest BCUT2D eigenvalue weighted by Crippen LogP contribution is 2.32. The number of rotatable bonds is 9. The van der Waals surface area contributed by atoms with Crippen LogP contribution in [0.4, 0.5) is 5.69 Å². The van der Waals surface area contributed by atoms with E-state index in [0.29, 0.717) is 15.8 Å². The Morgan fingerprint density at radius 2 is 1.68 bits per heavy atom. The van der Waals surface area contributed by atoms with E-state index in [2.05, 4.69) is 10.5 Å². The van der Waals surface area contributed by atoms with Crippen LogP contribution in [0.1, 0.15) is 22.5 Å². The van der Waals surface area contributed by atoms with E-state index in [1.165, 1.54) is 43.7 Å². The molecule has 0 unspecified atom stereocenters. The topological polar surface area (TPSA) is 93.0 Å². The van der Waals surface area contributed by atoms with Gasteiger partial charge < -0.3 is 9.30 Å². The number of hydrogen-bond acceptors (Lipinski definition) is 5. The van der Waals surface area contributed by atoms with Crippen LogP contribution < -0.4 is 14.5 Å². The molecule has 1 aromatic heterocycles. The molecule has 1 N–H and O–H groups in total. The summed E-state index contributed by atoms with van der Waals surface area (Å²) in [5, 5.41) is 5.30. The monoisotopic (exact) mass is 632 g/mol. The highest BCUT2D eigenvalue weighted by atomic mass is 35.5. The fourth-order valence-corrected chi connectivity index (χ4v) is 6.41. The quantitative estimate of drug-likeness (QED) is 0.164. The van der Waals surface area contributed by atoms with Crippen molar-refractivity contribution in [3.8, 4) is 11.4 Å². The number of methoxy groups -OCH3 is 1. The summed E-state index contributed by atoms with van der Waals surface area (Å²) in [5.74, 6) is -0.284. The van der Waals surface area contributed by atoms with Crippen LogP contribution in [0.25, 0.3) is 5.69 Å². The molecule has 3 aromatic carbocycles. The predicted octanol–water partition coefficient (Wildman–Crippen LogP) is 6.72. The zero-order valence-corrected chi connectivity index (χ0v) is 25.7. The molecule has 8 nitrogen and oxygen atoms in total. The summed E-state index contributed by atoms with van der Waals surface area (Å²) in [6.07, 6.45) is 1.49. The van der Waals surface area contributed by atoms with E-state index in [-0.39, 0.29) is 15.6 Å². The van der Waals surface area contributed by atoms with E-state index in [9.17, 15) is 13.2 Å². The third-order valence-electron chi connectivity index (χ3n) is 6.33. The number of carbonyl (C=O) groups excluding carboxylic acids is 1. The van der Waals surface area contributed by atoms with Gasteiger partial charge in [0, 0.05) is 22.0 Å². The first-order valence-corrected chi connectivity index (χ1v) is 14.9. The molecular weight excluding hydrogens is 607 g/mol. The van der Waals surface area contributed by atoms with Crippen LogP contribution in [-0.2, 0) is 14.8 Å². The first-order chi connectivity index (χ1) is 19.4. The molecule has 0 saturated carbocycles. The molecule has 1 heterocycles. The second kappa shape index (κ2) is 12.6. The molecule has 12 heteroatoms. The summed E-state index contributed by atoms with van der Waals surface area (Å²) in [6.45, 7) is 5.12. The van der Waals surface area contributed by atoms with Gasteiger partial charge >= 0.3 is 0 Å². The summed E-state index contributed by atoms with van der Waals surface area (Å²) < 4.78 is 35.4. The Morgan fingerprint density at radius 3 is 2.32 bits per heavy atom. The molecule has 0 aliphatic carbocycles. The van der Waals surface area contributed by atoms with Gasteiger partial charge in [0.05, 0.1) is 39.6 Å². The Balaban J connectivity index is 1.59. The molecule has 0 radical (unpaired) electrons. The van der Waals surface area contributed by atoms with Gasteiger partial charge in [-0.1, -0.05) is 52.5 Å². The van der Waals surface area contributed by atoms with Crippen molar-refractivity contribution in [2.45, 2.75) is 25.7 Å². The minimum absolute atomic E-state index is 0.0274. The SMILES string of the molecule is COc1ccc(N(CC(=O)N/N=C\c2cc(C)n(-c3ccc(Cl)cc3Cl)c2C)S(=O)(=O)c2ccc(C)cc2)cc1Cl. The van der Waals surface area contributed by atoms with Crippen molar-refractivity contribution in [1.82, 2.24) is 9.99 Å². The molecule has 1 amide bonds. The van der Waals surface area contributed by atoms with Gasteiger partial charge in [-0.2, -0.15) is 5.10 Å². The highest BCUT2D eigenvalue weighted by Gasteiger charge is 2.28. The Labute approximate surface area is 254 Å². The lowest BCUT2D eigenvalue weighted by molar-refractivity contribution is -0.119. The van der Waals surface area contributed by atoms with Crippen LogP contribution in [0.15, 0.2) is 76.7 Å². The molecule has 0 aliphatic rings. The number of ether oxygens (including phenoxy) is 1. The average molecular weight is 634 g/mol. The van der Waals surface area contributed by atoms with E-state index in [0.717, 1.165) is 32.5 Å². The average Bonchev–Trinajstić information content (AvgIpc) is 3.20. The van der Waals surface area contributed by atoms with Crippen molar-refractivity contribution < 1.29 is 17.9 Å². The van der Waals surface area contributed by atoms with Gasteiger partial charge in [-0.15, -0.1) is 0 Å². The number of hydrogen-bond donors (Lipinski definition) is 1. The summed E-state index contributed by atoms with van der Waals surface area (Å²) >= 11 is 18.7. The van der Waals surface area contributed by atoms with E-state index in [1.54, 1.807) is 24.3 Å². The van der Waals surface area contributed by atoms with Crippen LogP contribution >= 0.6 is 34.8 Å². The lowest BCUT2D eigenvalue weighted by Crippen LogP contribution is -2.39. The molecule has 41 heavy (non-hydrogen) atoms. The minimum Gasteiger partial charge on any atom is -0.495 e. The number of amides is 1. The number of nitrogens with zero attached hydrogens (tertiary/aromatic N) is 3. The predicted molar refractivity (Wildman–Crippen MR) is 165 cm³/mol. The highest BCUT2D eigenvalue weighted by molar-refractivity contribution is 7.92. The molecule has 0 saturated heterocycles. The first kappa shape index (κ1) is 30.5. The number of benzene rings is 3. The lowest BCUT2D eigenvalue weighted by atomic mass is 10.2. The molecule has 0 spiro atoms. The Morgan fingerprint density at radius 1 is 0.976 bits per heavy atom. The van der Waals surface area contributed by atoms with E-state index in [4.69, 9.17) is 39.5 Å². The molecule has 0 fully saturated rings. The molecule has 4 aromatic rings. The van der Waals surface area contributed by atoms with Crippen LogP contribution in [0.3, 0.4) is 0 Å². The van der Waals surface area contributed by atoms with Crippen LogP contribution in [0.5, 0.6) is 5.75 Å². The molecule has 0 bridgehead atoms. The fourth-order valence-electron chi connectivity index (χ4n) is 4.25. The summed E-state index contributed by atoms with van der Waals surface area (Å²) in [4.78, 5) is 13.0. The number of nitrogens with one attached hydrogen (secondary N) is 1. The van der Waals surface area contributed by atoms with E-state index in [1.807, 2.05) is 37.5 Å². The Kier molecular flexibility index (Phi) is 9.34. The molecule has 0 aliphatic heterocycles. The zero-order chi connectivity index (χ0) is 29.9. The normalized spacial score (nSPS) is 11.6. The number of carbonyl (C=O) groups is 1. The van der Waals surface area contributed by atoms with Crippen molar-refractivity contribution in [1.29, 1.82) is 0 Å². The first-order valence-electron chi connectivity index (χ1n) is 12.3. The number of aromatic nitrogens is 1. The van der Waals surface area contributed by atoms with Crippen molar-refractivity contribution in [2.24, 2.45) is 5.10 Å². The van der Waals surface area contributed by atoms with Crippen molar-refractivity contribution in [2.75, 3.05) is 18.0 Å². The van der Waals surface area contributed by atoms with Crippen LogP contribution in [0, 0.1) is 20.8 Å². The number of aryl methyl sites for hydroxylation is 2. The van der Waals surface area contributed by atoms with E-state index >= 15 is 0 Å². The molecular formula is C29H27Cl3N4O4S. The Bertz CT molecular complexity index is 1740. The van der Waals surface area contributed by atoms with Gasteiger partial charge in [0.1, 0.15) is 12.3 Å². The number of hydrazone groups is 1. The number of anilines is 1. The molecule has 0 atom stereocenters. The van der Waals surface area contributed by atoms with E-state index < -0.39 is 22.5 Å². The Hall–Kier alpha value is -3.50. The number of sulfonamides is 1. The third-order valence-corrected chi connectivity index (χ3v) is 8.95. The summed E-state index contributed by atoms with van der Waals surface area (Å²) in [6, 6.07) is 18.0. The van der Waals surface area contributed by atoms with Gasteiger partial charge in [-0.05, 0) is 75.4 Å². The van der Waals surface area contributed by atoms with Crippen molar-refractivity contribution >= 4 is 62.6 Å². The van der Waals surface area contributed by atoms with Gasteiger partial charge in [-0.25, -0.2) is 13.8 Å². The van der Waals surface area contributed by atoms with Gasteiger partial charge in [0.2, 0.25) is 0 Å². The lowest BCUT2D eigenvalue weighted by Gasteiger charge is -2.24. The molecule has 4 rings (SSSR count). The van der Waals surface area contributed by atoms with Crippen molar-refractivity contribution in [3.63, 3.8) is 0 Å². The largest absolute Gasteiger partial charge is 0.495 e. The summed E-state index contributed by atoms with van der Waals surface area (Å²) in [7, 11) is -2.68. The minimum atomic E-state index is -4.13. The number of halogens is 3. The van der Waals surface area contributed by atoms with Crippen LogP contribution in [-0.4, -0.2) is 38.8 Å². The maximum atomic E-state index is 13.6. The second-order valence-corrected chi connectivity index (χ2v) is 12.3. The van der Waals surface area contributed by atoms with Gasteiger partial charge in [0.15, 0.2) is 0 Å². The van der Waals surface area contributed by atoms with Gasteiger partial charge in [-0.3, -0.25) is 9.10 Å².